The number of rotatable bonds is 8. The molecule has 184 valence electrons. The topological polar surface area (TPSA) is 125 Å². The second kappa shape index (κ2) is 10.6. The van der Waals surface area contributed by atoms with E-state index >= 15 is 0 Å². The molecular formula is C24H26N5O4P3+2. The molecule has 0 saturated heterocycles. The molecule has 0 saturated carbocycles. The minimum absolute atomic E-state index is 0.525. The molecule has 4 aromatic rings. The van der Waals surface area contributed by atoms with Crippen LogP contribution in [0.2, 0.25) is 0 Å². The quantitative estimate of drug-likeness (QED) is 0.181. The molecule has 9 nitrogen and oxygen atoms in total. The maximum atomic E-state index is 6.55. The zero-order valence-electron chi connectivity index (χ0n) is 19.1. The third-order valence-electron chi connectivity index (χ3n) is 4.71. The normalized spacial score (nSPS) is 17.3. The lowest BCUT2D eigenvalue weighted by Crippen LogP contribution is -2.42. The van der Waals surface area contributed by atoms with E-state index < -0.39 is 23.5 Å². The molecule has 0 bridgehead atoms. The predicted molar refractivity (Wildman–Crippen MR) is 146 cm³/mol. The van der Waals surface area contributed by atoms with Crippen LogP contribution in [0.15, 0.2) is 126 Å². The molecule has 1 aliphatic rings. The maximum absolute atomic E-state index is 6.55. The summed E-state index contributed by atoms with van der Waals surface area (Å²) in [6.07, 6.45) is 0. The number of hydrogen-bond acceptors (Lipinski definition) is 9. The SMILES string of the molecule is NP1(N)=N[P+](Oc2ccccc2)(Oc2ccccc2)N[P+](Oc2ccccc2)(Oc2ccccc2)N1. The second-order valence-corrected chi connectivity index (χ2v) is 14.4. The van der Waals surface area contributed by atoms with Gasteiger partial charge >= 0.3 is 16.0 Å². The van der Waals surface area contributed by atoms with Gasteiger partial charge in [-0.25, -0.2) is 0 Å². The van der Waals surface area contributed by atoms with Crippen molar-refractivity contribution in [1.82, 2.24) is 9.72 Å². The summed E-state index contributed by atoms with van der Waals surface area (Å²) >= 11 is 0. The summed E-state index contributed by atoms with van der Waals surface area (Å²) in [5.41, 5.74) is 13.1. The Labute approximate surface area is 211 Å². The number of hydrogen-bond donors (Lipinski definition) is 4. The summed E-state index contributed by atoms with van der Waals surface area (Å²) in [5, 5.41) is 0. The Kier molecular flexibility index (Phi) is 7.24. The van der Waals surface area contributed by atoms with Crippen LogP contribution < -0.4 is 38.8 Å². The predicted octanol–water partition coefficient (Wildman–Crippen LogP) is 6.71. The van der Waals surface area contributed by atoms with E-state index in [1.54, 1.807) is 24.3 Å². The van der Waals surface area contributed by atoms with E-state index in [1.165, 1.54) is 0 Å². The first-order valence-electron chi connectivity index (χ1n) is 11.0. The van der Waals surface area contributed by atoms with Crippen molar-refractivity contribution in [1.29, 1.82) is 0 Å². The first-order valence-corrected chi connectivity index (χ1v) is 16.1. The molecule has 4 aromatic carbocycles. The summed E-state index contributed by atoms with van der Waals surface area (Å²) in [4.78, 5) is 6.51. The van der Waals surface area contributed by atoms with Gasteiger partial charge in [-0.3, -0.25) is 29.1 Å². The fourth-order valence-electron chi connectivity index (χ4n) is 3.34. The molecular weight excluding hydrogens is 515 g/mol. The van der Waals surface area contributed by atoms with Crippen LogP contribution in [-0.4, -0.2) is 0 Å². The molecule has 0 unspecified atom stereocenters. The molecule has 6 N–H and O–H groups in total. The van der Waals surface area contributed by atoms with Gasteiger partial charge in [0.2, 0.25) is 7.51 Å². The second-order valence-electron chi connectivity index (χ2n) is 7.72. The van der Waals surface area contributed by atoms with Crippen LogP contribution in [0.25, 0.3) is 0 Å². The van der Waals surface area contributed by atoms with Gasteiger partial charge in [0.25, 0.3) is 0 Å². The molecule has 12 heteroatoms. The molecule has 0 fully saturated rings. The Hall–Kier alpha value is -2.99. The van der Waals surface area contributed by atoms with Crippen molar-refractivity contribution < 1.29 is 18.1 Å². The molecule has 0 radical (unpaired) electrons. The summed E-state index contributed by atoms with van der Waals surface area (Å²) in [7, 11) is -10.0. The van der Waals surface area contributed by atoms with Gasteiger partial charge in [-0.1, -0.05) is 72.8 Å². The molecule has 0 atom stereocenters. The molecule has 0 aliphatic carbocycles. The van der Waals surface area contributed by atoms with Crippen LogP contribution in [0, 0.1) is 0 Å². The fourth-order valence-corrected chi connectivity index (χ4v) is 12.5. The van der Waals surface area contributed by atoms with Gasteiger partial charge in [0.05, 0.1) is 0 Å². The van der Waals surface area contributed by atoms with Crippen molar-refractivity contribution in [2.24, 2.45) is 15.5 Å². The zero-order valence-corrected chi connectivity index (χ0v) is 21.8. The Bertz CT molecular complexity index is 1250. The van der Waals surface area contributed by atoms with Gasteiger partial charge in [0.1, 0.15) is 4.86 Å². The van der Waals surface area contributed by atoms with E-state index in [4.69, 9.17) is 33.6 Å². The minimum Gasteiger partial charge on any atom is -0.270 e. The number of nitrogens with two attached hydrogens (primary N) is 2. The average molecular weight is 541 g/mol. The molecule has 0 amide bonds. The van der Waals surface area contributed by atoms with Crippen molar-refractivity contribution in [3.63, 3.8) is 0 Å². The summed E-state index contributed by atoms with van der Waals surface area (Å²) in [6.45, 7) is 0. The molecule has 0 spiro atoms. The molecule has 0 aromatic heterocycles. The highest BCUT2D eigenvalue weighted by Crippen LogP contribution is 2.76. The lowest BCUT2D eigenvalue weighted by atomic mass is 10.3. The minimum atomic E-state index is -3.44. The van der Waals surface area contributed by atoms with Crippen molar-refractivity contribution in [2.75, 3.05) is 0 Å². The largest absolute Gasteiger partial charge is 0.613 e. The average Bonchev–Trinajstić information content (AvgIpc) is 2.85. The van der Waals surface area contributed by atoms with E-state index in [2.05, 4.69) is 9.72 Å². The van der Waals surface area contributed by atoms with Crippen molar-refractivity contribution in [2.45, 2.75) is 0 Å². The highest BCUT2D eigenvalue weighted by Gasteiger charge is 2.71. The van der Waals surface area contributed by atoms with Crippen LogP contribution in [0.5, 0.6) is 23.0 Å². The van der Waals surface area contributed by atoms with Crippen molar-refractivity contribution in [3.8, 4) is 23.0 Å². The third-order valence-corrected chi connectivity index (χ3v) is 13.1. The number of nitrogens with one attached hydrogen (secondary N) is 2. The molecule has 36 heavy (non-hydrogen) atoms. The van der Waals surface area contributed by atoms with Crippen LogP contribution >= 0.6 is 23.5 Å². The van der Waals surface area contributed by atoms with Crippen LogP contribution in [0.1, 0.15) is 0 Å². The zero-order chi connectivity index (χ0) is 24.9. The molecule has 1 aliphatic heterocycles. The van der Waals surface area contributed by atoms with Gasteiger partial charge < -0.3 is 0 Å². The highest BCUT2D eigenvalue weighted by molar-refractivity contribution is 7.90. The number of benzene rings is 4. The van der Waals surface area contributed by atoms with Gasteiger partial charge in [-0.2, -0.15) is 0 Å². The Morgan fingerprint density at radius 2 is 0.861 bits per heavy atom. The number of nitrogens with zero attached hydrogens (tertiary/aromatic N) is 1. The fraction of sp³-hybridized carbons (Fsp3) is 0. The van der Waals surface area contributed by atoms with Crippen LogP contribution in [0.4, 0.5) is 0 Å². The Morgan fingerprint density at radius 1 is 0.528 bits per heavy atom. The van der Waals surface area contributed by atoms with Crippen molar-refractivity contribution >= 4 is 23.5 Å². The molecule has 5 rings (SSSR count). The van der Waals surface area contributed by atoms with Crippen LogP contribution in [0.3, 0.4) is 0 Å². The Balaban J connectivity index is 1.62. The summed E-state index contributed by atoms with van der Waals surface area (Å²) in [6, 6.07) is 36.9. The molecule has 1 heterocycles. The van der Waals surface area contributed by atoms with Crippen LogP contribution in [-0.2, 0) is 0 Å². The lowest BCUT2D eigenvalue weighted by molar-refractivity contribution is 0.421. The van der Waals surface area contributed by atoms with E-state index in [1.807, 2.05) is 97.1 Å². The number of para-hydroxylation sites is 4. The maximum Gasteiger partial charge on any atom is 0.613 e. The van der Waals surface area contributed by atoms with E-state index in [-0.39, 0.29) is 0 Å². The lowest BCUT2D eigenvalue weighted by Gasteiger charge is -2.31. The van der Waals surface area contributed by atoms with Gasteiger partial charge in [0.15, 0.2) is 23.0 Å². The van der Waals surface area contributed by atoms with E-state index in [0.717, 1.165) is 0 Å². The van der Waals surface area contributed by atoms with Gasteiger partial charge in [0, 0.05) is 0 Å². The standard InChI is InChI=1S/C24H26N5O4P3/c25-34(26)27-35(30-21-13-5-1-6-14-21,31-22-15-7-2-8-16-22)29-36(28-34,32-23-17-9-3-10-18-23)33-24-19-11-4-12-20-24/h1-20,27,29H,25-26H2/q+2. The third kappa shape index (κ3) is 6.22. The highest BCUT2D eigenvalue weighted by atomic mass is 31.3. The first-order chi connectivity index (χ1) is 17.4. The summed E-state index contributed by atoms with van der Waals surface area (Å²) in [5.74, 6) is 2.14. The van der Waals surface area contributed by atoms with Gasteiger partial charge in [-0.15, -0.1) is 0 Å². The van der Waals surface area contributed by atoms with E-state index in [9.17, 15) is 0 Å². The Morgan fingerprint density at radius 3 is 1.22 bits per heavy atom. The van der Waals surface area contributed by atoms with Gasteiger partial charge in [-0.05, 0) is 57.9 Å². The van der Waals surface area contributed by atoms with Crippen molar-refractivity contribution in [3.05, 3.63) is 121 Å². The monoisotopic (exact) mass is 541 g/mol. The van der Waals surface area contributed by atoms with E-state index in [0.29, 0.717) is 23.0 Å². The smallest absolute Gasteiger partial charge is 0.270 e. The first kappa shape index (κ1) is 24.7. The summed E-state index contributed by atoms with van der Waals surface area (Å²) < 4.78 is 30.4.